The monoisotopic (exact) mass is 766 g/mol. The highest BCUT2D eigenvalue weighted by atomic mass is 32.1. The van der Waals surface area contributed by atoms with Gasteiger partial charge in [-0.3, -0.25) is 0 Å². The lowest BCUT2D eigenvalue weighted by atomic mass is 9.83. The Balaban J connectivity index is 1.53. The third kappa shape index (κ3) is 10.0. The van der Waals surface area contributed by atoms with Crippen LogP contribution in [0.4, 0.5) is 0 Å². The van der Waals surface area contributed by atoms with Crippen molar-refractivity contribution in [1.82, 2.24) is 0 Å². The minimum absolute atomic E-state index is 0.279. The molecule has 0 saturated carbocycles. The van der Waals surface area contributed by atoms with E-state index in [1.807, 2.05) is 22.7 Å². The number of aryl methyl sites for hydroxylation is 4. The molecular formula is C44H67BO2S4. The zero-order chi connectivity index (χ0) is 36.4. The van der Waals surface area contributed by atoms with Crippen molar-refractivity contribution in [3.63, 3.8) is 0 Å². The first kappa shape index (κ1) is 41.2. The van der Waals surface area contributed by atoms with Crippen LogP contribution < -0.4 is 4.78 Å². The van der Waals surface area contributed by atoms with E-state index in [4.69, 9.17) is 9.31 Å². The Hall–Kier alpha value is -0.955. The highest BCUT2D eigenvalue weighted by molar-refractivity contribution is 7.34. The lowest BCUT2D eigenvalue weighted by molar-refractivity contribution is 0.00578. The third-order valence-corrected chi connectivity index (χ3v) is 16.6. The fourth-order valence-corrected chi connectivity index (χ4v) is 13.0. The smallest absolute Gasteiger partial charge is 0.399 e. The zero-order valence-corrected chi connectivity index (χ0v) is 36.7. The van der Waals surface area contributed by atoms with Crippen molar-refractivity contribution in [3.8, 4) is 0 Å². The molecule has 1 aliphatic rings. The number of fused-ring (bicyclic) bond motifs is 2. The first-order valence-electron chi connectivity index (χ1n) is 20.8. The van der Waals surface area contributed by atoms with Crippen molar-refractivity contribution in [3.05, 3.63) is 37.4 Å². The molecule has 4 aromatic rings. The van der Waals surface area contributed by atoms with Gasteiger partial charge in [-0.2, -0.15) is 0 Å². The van der Waals surface area contributed by atoms with Crippen molar-refractivity contribution in [1.29, 1.82) is 0 Å². The molecule has 0 radical (unpaired) electrons. The molecule has 0 aliphatic carbocycles. The molecule has 7 heteroatoms. The number of hydrogen-bond donors (Lipinski definition) is 0. The predicted molar refractivity (Wildman–Crippen MR) is 235 cm³/mol. The van der Waals surface area contributed by atoms with E-state index in [0.29, 0.717) is 0 Å². The largest absolute Gasteiger partial charge is 0.505 e. The second-order valence-corrected chi connectivity index (χ2v) is 20.1. The molecule has 0 N–H and O–H groups in total. The molecular weight excluding hydrogens is 700 g/mol. The molecule has 0 bridgehead atoms. The van der Waals surface area contributed by atoms with E-state index in [1.165, 1.54) is 145 Å². The molecule has 1 fully saturated rings. The summed E-state index contributed by atoms with van der Waals surface area (Å²) in [6, 6.07) is 0. The Morgan fingerprint density at radius 3 is 1.45 bits per heavy atom. The second-order valence-electron chi connectivity index (χ2n) is 16.1. The molecule has 4 aromatic heterocycles. The van der Waals surface area contributed by atoms with Gasteiger partial charge in [0.2, 0.25) is 0 Å². The van der Waals surface area contributed by atoms with Gasteiger partial charge in [0, 0.05) is 33.3 Å². The molecule has 2 nitrogen and oxygen atoms in total. The summed E-state index contributed by atoms with van der Waals surface area (Å²) in [6.45, 7) is 18.0. The van der Waals surface area contributed by atoms with Crippen LogP contribution in [-0.4, -0.2) is 18.3 Å². The summed E-state index contributed by atoms with van der Waals surface area (Å²) in [5, 5.41) is 2.48. The van der Waals surface area contributed by atoms with E-state index in [2.05, 4.69) is 95.6 Å². The van der Waals surface area contributed by atoms with Crippen LogP contribution in [0, 0.1) is 0 Å². The van der Waals surface area contributed by atoms with Crippen LogP contribution in [0.25, 0.3) is 31.0 Å². The van der Waals surface area contributed by atoms with Gasteiger partial charge in [0.1, 0.15) is 0 Å². The highest BCUT2D eigenvalue weighted by Gasteiger charge is 2.53. The van der Waals surface area contributed by atoms with Crippen LogP contribution >= 0.6 is 45.3 Å². The number of unbranched alkanes of at least 4 members (excludes halogenated alkanes) is 12. The van der Waals surface area contributed by atoms with Crippen LogP contribution in [0.5, 0.6) is 0 Å². The minimum atomic E-state index is -0.330. The van der Waals surface area contributed by atoms with Gasteiger partial charge in [-0.1, -0.05) is 105 Å². The Bertz CT molecular complexity index is 1670. The lowest BCUT2D eigenvalue weighted by Gasteiger charge is -2.32. The van der Waals surface area contributed by atoms with Crippen LogP contribution in [0.2, 0.25) is 0 Å². The van der Waals surface area contributed by atoms with Crippen molar-refractivity contribution in [2.24, 2.45) is 0 Å². The standard InChI is InChI=1S/C44H67BO2S4/c1-9-13-17-21-25-32-31-48-39-33(26-22-18-14-10-2)36(49-38(32)39)29-30-37-34(27-23-19-15-11-3)40-41(50-37)35(28-24-20-16-12-4)42(51-40)45-46-43(5,6)44(7,8)47-45/h29-31H,9-28H2,1-8H3/b30-29+. The maximum absolute atomic E-state index is 6.71. The SMILES string of the molecule is CCCCCCc1csc2c(CCCCCC)c(/C=C/c3sc4c(CCCCCC)c(B5OC(C)(C)C(C)(C)O5)sc4c3CCCCCC)sc12. The van der Waals surface area contributed by atoms with E-state index < -0.39 is 0 Å². The lowest BCUT2D eigenvalue weighted by Crippen LogP contribution is -2.41. The van der Waals surface area contributed by atoms with E-state index in [1.54, 1.807) is 26.1 Å². The van der Waals surface area contributed by atoms with Crippen molar-refractivity contribution in [2.45, 2.75) is 195 Å². The first-order chi connectivity index (χ1) is 24.7. The van der Waals surface area contributed by atoms with Gasteiger partial charge in [0.05, 0.1) is 11.2 Å². The molecule has 282 valence electrons. The van der Waals surface area contributed by atoms with Crippen LogP contribution in [0.3, 0.4) is 0 Å². The molecule has 0 atom stereocenters. The average molecular weight is 767 g/mol. The van der Waals surface area contributed by atoms with Gasteiger partial charge in [-0.05, 0) is 119 Å². The summed E-state index contributed by atoms with van der Waals surface area (Å²) in [7, 11) is -0.279. The minimum Gasteiger partial charge on any atom is -0.399 e. The molecule has 0 amide bonds. The molecule has 0 aromatic carbocycles. The molecule has 5 rings (SSSR count). The normalized spacial score (nSPS) is 15.9. The van der Waals surface area contributed by atoms with Gasteiger partial charge < -0.3 is 9.31 Å². The Morgan fingerprint density at radius 2 is 0.941 bits per heavy atom. The fourth-order valence-electron chi connectivity index (χ4n) is 7.41. The summed E-state index contributed by atoms with van der Waals surface area (Å²) in [6.07, 6.45) is 30.6. The van der Waals surface area contributed by atoms with Crippen molar-refractivity contribution < 1.29 is 9.31 Å². The topological polar surface area (TPSA) is 18.5 Å². The maximum atomic E-state index is 6.71. The van der Waals surface area contributed by atoms with Gasteiger partial charge >= 0.3 is 7.12 Å². The van der Waals surface area contributed by atoms with E-state index >= 15 is 0 Å². The Kier molecular flexibility index (Phi) is 15.8. The number of thiophene rings is 4. The highest BCUT2D eigenvalue weighted by Crippen LogP contribution is 2.45. The molecule has 5 heterocycles. The van der Waals surface area contributed by atoms with E-state index in [9.17, 15) is 0 Å². The summed E-state index contributed by atoms with van der Waals surface area (Å²) in [5.41, 5.74) is 5.64. The van der Waals surface area contributed by atoms with Gasteiger partial charge in [-0.25, -0.2) is 0 Å². The quantitative estimate of drug-likeness (QED) is 0.0553. The van der Waals surface area contributed by atoms with Crippen molar-refractivity contribution in [2.75, 3.05) is 0 Å². The molecule has 51 heavy (non-hydrogen) atoms. The molecule has 1 aliphatic heterocycles. The summed E-state index contributed by atoms with van der Waals surface area (Å²) in [5.74, 6) is 0. The Morgan fingerprint density at radius 1 is 0.510 bits per heavy atom. The average Bonchev–Trinajstić information content (AvgIpc) is 3.87. The first-order valence-corrected chi connectivity index (χ1v) is 24.1. The predicted octanol–water partition coefficient (Wildman–Crippen LogP) is 15.2. The van der Waals surface area contributed by atoms with E-state index in [-0.39, 0.29) is 18.3 Å². The third-order valence-electron chi connectivity index (χ3n) is 11.4. The van der Waals surface area contributed by atoms with Gasteiger partial charge in [0.25, 0.3) is 0 Å². The van der Waals surface area contributed by atoms with Crippen molar-refractivity contribution >= 4 is 88.2 Å². The van der Waals surface area contributed by atoms with Crippen LogP contribution in [0.15, 0.2) is 5.38 Å². The number of hydrogen-bond acceptors (Lipinski definition) is 6. The maximum Gasteiger partial charge on any atom is 0.505 e. The van der Waals surface area contributed by atoms with Gasteiger partial charge in [-0.15, -0.1) is 45.3 Å². The molecule has 1 saturated heterocycles. The summed E-state index contributed by atoms with van der Waals surface area (Å²) < 4.78 is 20.9. The summed E-state index contributed by atoms with van der Waals surface area (Å²) >= 11 is 8.14. The second kappa shape index (κ2) is 19.6. The van der Waals surface area contributed by atoms with Crippen LogP contribution in [0.1, 0.15) is 190 Å². The van der Waals surface area contributed by atoms with Gasteiger partial charge in [0.15, 0.2) is 0 Å². The molecule has 0 spiro atoms. The fraction of sp³-hybridized carbons (Fsp3) is 0.682. The zero-order valence-electron chi connectivity index (χ0n) is 33.4. The molecule has 0 unspecified atom stereocenters. The Labute approximate surface area is 328 Å². The number of rotatable bonds is 23. The summed E-state index contributed by atoms with van der Waals surface area (Å²) in [4.78, 5) is 2.99. The van der Waals surface area contributed by atoms with Crippen LogP contribution in [-0.2, 0) is 35.0 Å². The van der Waals surface area contributed by atoms with E-state index in [0.717, 1.165) is 12.8 Å².